The van der Waals surface area contributed by atoms with Crippen molar-refractivity contribution in [2.75, 3.05) is 0 Å². The van der Waals surface area contributed by atoms with Crippen molar-refractivity contribution >= 4 is 27.9 Å². The van der Waals surface area contributed by atoms with E-state index in [1.807, 2.05) is 60.8 Å². The average molecular weight is 434 g/mol. The van der Waals surface area contributed by atoms with Crippen LogP contribution in [0.4, 0.5) is 4.79 Å². The number of aryl methyl sites for hydroxylation is 1. The molecule has 4 aromatic rings. The molecule has 0 saturated carbocycles. The summed E-state index contributed by atoms with van der Waals surface area (Å²) < 4.78 is 7.07. The molecule has 0 saturated heterocycles. The molecule has 2 aromatic carbocycles. The summed E-state index contributed by atoms with van der Waals surface area (Å²) in [7, 11) is 0. The van der Waals surface area contributed by atoms with Crippen molar-refractivity contribution in [2.24, 2.45) is 0 Å². The molecule has 2 heterocycles. The molecule has 7 heteroatoms. The zero-order valence-electron chi connectivity index (χ0n) is 18.5. The maximum Gasteiger partial charge on any atom is 0.419 e. The molecule has 4 rings (SSSR count). The van der Waals surface area contributed by atoms with Crippen LogP contribution in [0.25, 0.3) is 21.8 Å². The van der Waals surface area contributed by atoms with E-state index in [0.717, 1.165) is 21.9 Å². The largest absolute Gasteiger partial charge is 0.443 e. The van der Waals surface area contributed by atoms with Gasteiger partial charge in [-0.15, -0.1) is 0 Å². The van der Waals surface area contributed by atoms with Crippen LogP contribution in [-0.2, 0) is 17.6 Å². The van der Waals surface area contributed by atoms with Crippen molar-refractivity contribution in [3.63, 3.8) is 0 Å². The van der Waals surface area contributed by atoms with Crippen LogP contribution in [0.15, 0.2) is 60.8 Å². The maximum absolute atomic E-state index is 13.0. The second kappa shape index (κ2) is 8.49. The van der Waals surface area contributed by atoms with Crippen LogP contribution in [0.2, 0.25) is 0 Å². The number of nitro groups is 1. The second-order valence-electron chi connectivity index (χ2n) is 9.05. The molecule has 0 radical (unpaired) electrons. The van der Waals surface area contributed by atoms with Gasteiger partial charge < -0.3 is 9.72 Å². The lowest BCUT2D eigenvalue weighted by Crippen LogP contribution is -2.30. The number of aromatic amines is 1. The molecule has 1 atom stereocenters. The van der Waals surface area contributed by atoms with Crippen molar-refractivity contribution in [1.29, 1.82) is 0 Å². The van der Waals surface area contributed by atoms with Crippen LogP contribution in [0.5, 0.6) is 0 Å². The highest BCUT2D eigenvalue weighted by atomic mass is 16.6. The summed E-state index contributed by atoms with van der Waals surface area (Å²) in [6.07, 6.45) is 2.47. The van der Waals surface area contributed by atoms with Gasteiger partial charge in [0.25, 0.3) is 0 Å². The predicted molar refractivity (Wildman–Crippen MR) is 125 cm³/mol. The smallest absolute Gasteiger partial charge is 0.419 e. The SMILES string of the molecule is CC(C)(C)OC(=O)n1c(CC(CCc2c[nH]c3ccccc23)[N+](=O)[O-])cc2ccccc21. The minimum absolute atomic E-state index is 0.142. The van der Waals surface area contributed by atoms with Crippen molar-refractivity contribution in [1.82, 2.24) is 9.55 Å². The summed E-state index contributed by atoms with van der Waals surface area (Å²) in [5.74, 6) is 0. The number of hydrogen-bond acceptors (Lipinski definition) is 4. The fraction of sp³-hybridized carbons (Fsp3) is 0.320. The predicted octanol–water partition coefficient (Wildman–Crippen LogP) is 5.73. The van der Waals surface area contributed by atoms with Gasteiger partial charge >= 0.3 is 6.09 Å². The van der Waals surface area contributed by atoms with Crippen LogP contribution in [0, 0.1) is 10.1 Å². The lowest BCUT2D eigenvalue weighted by Gasteiger charge is -2.21. The van der Waals surface area contributed by atoms with Gasteiger partial charge in [-0.05, 0) is 51.0 Å². The molecule has 0 aliphatic carbocycles. The van der Waals surface area contributed by atoms with Gasteiger partial charge in [-0.1, -0.05) is 36.4 Å². The topological polar surface area (TPSA) is 90.2 Å². The number of para-hydroxylation sites is 2. The number of fused-ring (bicyclic) bond motifs is 2. The van der Waals surface area contributed by atoms with Gasteiger partial charge in [0.05, 0.1) is 11.9 Å². The molecule has 0 spiro atoms. The third-order valence-corrected chi connectivity index (χ3v) is 5.53. The molecular weight excluding hydrogens is 406 g/mol. The molecule has 2 aromatic heterocycles. The van der Waals surface area contributed by atoms with E-state index >= 15 is 0 Å². The number of rotatable bonds is 6. The first-order valence-corrected chi connectivity index (χ1v) is 10.7. The molecule has 0 fully saturated rings. The van der Waals surface area contributed by atoms with E-state index < -0.39 is 17.7 Å². The van der Waals surface area contributed by atoms with Crippen molar-refractivity contribution in [2.45, 2.75) is 51.7 Å². The monoisotopic (exact) mass is 433 g/mol. The fourth-order valence-electron chi connectivity index (χ4n) is 4.07. The number of H-pyrrole nitrogens is 1. The van der Waals surface area contributed by atoms with Gasteiger partial charge in [0.1, 0.15) is 5.60 Å². The molecule has 1 N–H and O–H groups in total. The van der Waals surface area contributed by atoms with Crippen LogP contribution >= 0.6 is 0 Å². The number of nitrogens with zero attached hydrogens (tertiary/aromatic N) is 2. The van der Waals surface area contributed by atoms with E-state index in [2.05, 4.69) is 4.98 Å². The van der Waals surface area contributed by atoms with Gasteiger partial charge in [-0.2, -0.15) is 0 Å². The number of benzene rings is 2. The molecular formula is C25H27N3O4. The van der Waals surface area contributed by atoms with Gasteiger partial charge in [0, 0.05) is 39.5 Å². The Morgan fingerprint density at radius 1 is 1.16 bits per heavy atom. The summed E-state index contributed by atoms with van der Waals surface area (Å²) in [6.45, 7) is 5.41. The molecule has 0 amide bonds. The Morgan fingerprint density at radius 2 is 1.88 bits per heavy atom. The number of nitrogens with one attached hydrogen (secondary N) is 1. The van der Waals surface area contributed by atoms with E-state index in [1.54, 1.807) is 20.8 Å². The van der Waals surface area contributed by atoms with Crippen LogP contribution < -0.4 is 0 Å². The first-order chi connectivity index (χ1) is 15.2. The molecule has 0 bridgehead atoms. The summed E-state index contributed by atoms with van der Waals surface area (Å²) in [5, 5.41) is 13.9. The highest BCUT2D eigenvalue weighted by Gasteiger charge is 2.27. The van der Waals surface area contributed by atoms with Crippen molar-refractivity contribution in [3.8, 4) is 0 Å². The summed E-state index contributed by atoms with van der Waals surface area (Å²) in [6, 6.07) is 16.4. The quantitative estimate of drug-likeness (QED) is 0.311. The molecule has 0 aliphatic rings. The lowest BCUT2D eigenvalue weighted by molar-refractivity contribution is -0.523. The molecule has 7 nitrogen and oxygen atoms in total. The van der Waals surface area contributed by atoms with E-state index in [-0.39, 0.29) is 11.3 Å². The Balaban J connectivity index is 1.61. The van der Waals surface area contributed by atoms with Crippen molar-refractivity contribution < 1.29 is 14.5 Å². The third kappa shape index (κ3) is 4.51. The van der Waals surface area contributed by atoms with E-state index in [1.165, 1.54) is 4.57 Å². The molecule has 0 aliphatic heterocycles. The van der Waals surface area contributed by atoms with E-state index in [0.29, 0.717) is 24.1 Å². The summed E-state index contributed by atoms with van der Waals surface area (Å²) in [4.78, 5) is 27.9. The van der Waals surface area contributed by atoms with Crippen molar-refractivity contribution in [3.05, 3.63) is 82.2 Å². The zero-order chi connectivity index (χ0) is 22.9. The second-order valence-corrected chi connectivity index (χ2v) is 9.05. The number of aromatic nitrogens is 2. The fourth-order valence-corrected chi connectivity index (χ4v) is 4.07. The average Bonchev–Trinajstić information content (AvgIpc) is 3.30. The Labute approximate surface area is 186 Å². The number of ether oxygens (including phenoxy) is 1. The normalized spacial score (nSPS) is 12.8. The minimum Gasteiger partial charge on any atom is -0.443 e. The Bertz CT molecular complexity index is 1280. The number of carbonyl (C=O) groups is 1. The first kappa shape index (κ1) is 21.6. The maximum atomic E-state index is 13.0. The Kier molecular flexibility index (Phi) is 5.74. The zero-order valence-corrected chi connectivity index (χ0v) is 18.5. The van der Waals surface area contributed by atoms with Crippen LogP contribution in [0.1, 0.15) is 38.4 Å². The standard InChI is InChI=1S/C25H27N3O4/c1-25(2,3)32-24(29)27-20(14-17-8-4-7-11-23(17)27)15-19(28(30)31)13-12-18-16-26-22-10-6-5-9-21(18)22/h4-11,14,16,19,26H,12-13,15H2,1-3H3. The Hall–Kier alpha value is -3.61. The molecule has 166 valence electrons. The summed E-state index contributed by atoms with van der Waals surface area (Å²) >= 11 is 0. The van der Waals surface area contributed by atoms with Gasteiger partial charge in [0.2, 0.25) is 6.04 Å². The lowest BCUT2D eigenvalue weighted by atomic mass is 10.0. The number of hydrogen-bond donors (Lipinski definition) is 1. The minimum atomic E-state index is -0.825. The van der Waals surface area contributed by atoms with Crippen LogP contribution in [-0.4, -0.2) is 32.2 Å². The highest BCUT2D eigenvalue weighted by molar-refractivity contribution is 5.91. The van der Waals surface area contributed by atoms with Gasteiger partial charge in [-0.3, -0.25) is 10.1 Å². The molecule has 32 heavy (non-hydrogen) atoms. The van der Waals surface area contributed by atoms with E-state index in [9.17, 15) is 14.9 Å². The van der Waals surface area contributed by atoms with Crippen LogP contribution in [0.3, 0.4) is 0 Å². The molecule has 1 unspecified atom stereocenters. The van der Waals surface area contributed by atoms with E-state index in [4.69, 9.17) is 4.74 Å². The third-order valence-electron chi connectivity index (χ3n) is 5.53. The number of carbonyl (C=O) groups excluding carboxylic acids is 1. The Morgan fingerprint density at radius 3 is 2.62 bits per heavy atom. The van der Waals surface area contributed by atoms with Gasteiger partial charge in [0.15, 0.2) is 0 Å². The van der Waals surface area contributed by atoms with Gasteiger partial charge in [-0.25, -0.2) is 9.36 Å². The first-order valence-electron chi connectivity index (χ1n) is 10.7. The highest BCUT2D eigenvalue weighted by Crippen LogP contribution is 2.25. The summed E-state index contributed by atoms with van der Waals surface area (Å²) in [5.41, 5.74) is 2.68.